The summed E-state index contributed by atoms with van der Waals surface area (Å²) in [7, 11) is 0. The van der Waals surface area contributed by atoms with Crippen LogP contribution in [0.1, 0.15) is 28.7 Å². The molecule has 0 bridgehead atoms. The highest BCUT2D eigenvalue weighted by atomic mass is 15.2. The van der Waals surface area contributed by atoms with Crippen LogP contribution in [0.5, 0.6) is 0 Å². The van der Waals surface area contributed by atoms with Crippen LogP contribution in [0.4, 0.5) is 28.4 Å². The van der Waals surface area contributed by atoms with Crippen LogP contribution < -0.4 is 9.80 Å². The van der Waals surface area contributed by atoms with Gasteiger partial charge in [0.05, 0.1) is 16.8 Å². The maximum atomic E-state index is 2.50. The molecule has 0 heterocycles. The Morgan fingerprint density at radius 3 is 1.50 bits per heavy atom. The molecule has 0 aromatic heterocycles. The third-order valence-electron chi connectivity index (χ3n) is 12.8. The lowest BCUT2D eigenvalue weighted by Gasteiger charge is -2.33. The van der Waals surface area contributed by atoms with Gasteiger partial charge in [0, 0.05) is 33.5 Å². The van der Waals surface area contributed by atoms with Gasteiger partial charge in [-0.05, 0) is 122 Å². The first-order valence-corrected chi connectivity index (χ1v) is 20.9. The summed E-state index contributed by atoms with van der Waals surface area (Å²) in [4.78, 5) is 4.90. The second-order valence-corrected chi connectivity index (χ2v) is 16.0. The normalized spacial score (nSPS) is 14.0. The summed E-state index contributed by atoms with van der Waals surface area (Å²) < 4.78 is 0. The van der Waals surface area contributed by atoms with Crippen LogP contribution in [0.2, 0.25) is 0 Å². The maximum Gasteiger partial charge on any atom is 0.0727 e. The first-order valence-electron chi connectivity index (χ1n) is 20.9. The molecule has 0 aliphatic heterocycles. The molecule has 0 radical (unpaired) electrons. The lowest BCUT2D eigenvalue weighted by molar-refractivity contribution is 0.793. The summed E-state index contributed by atoms with van der Waals surface area (Å²) in [6, 6.07) is 74.2. The lowest BCUT2D eigenvalue weighted by Crippen LogP contribution is -2.26. The highest BCUT2D eigenvalue weighted by Crippen LogP contribution is 2.64. The largest absolute Gasteiger partial charge is 0.310 e. The van der Waals surface area contributed by atoms with Gasteiger partial charge in [-0.1, -0.05) is 170 Å². The van der Waals surface area contributed by atoms with E-state index in [1.54, 1.807) is 0 Å². The van der Waals surface area contributed by atoms with E-state index >= 15 is 0 Å². The van der Waals surface area contributed by atoms with E-state index in [9.17, 15) is 0 Å². The van der Waals surface area contributed by atoms with Crippen LogP contribution in [0.25, 0.3) is 43.8 Å². The van der Waals surface area contributed by atoms with E-state index in [4.69, 9.17) is 0 Å². The molecule has 1 spiro atoms. The van der Waals surface area contributed by atoms with Crippen molar-refractivity contribution in [2.75, 3.05) is 9.80 Å². The Kier molecular flexibility index (Phi) is 7.86. The number of nitrogens with zero attached hydrogens (tertiary/aromatic N) is 2. The van der Waals surface area contributed by atoms with Gasteiger partial charge in [0.25, 0.3) is 0 Å². The fourth-order valence-electron chi connectivity index (χ4n) is 10.3. The van der Waals surface area contributed by atoms with E-state index in [-0.39, 0.29) is 0 Å². The van der Waals surface area contributed by atoms with Gasteiger partial charge in [-0.15, -0.1) is 0 Å². The molecule has 9 aromatic carbocycles. The van der Waals surface area contributed by atoms with Crippen LogP contribution in [-0.2, 0) is 5.41 Å². The number of hydrogen-bond acceptors (Lipinski definition) is 2. The Labute approximate surface area is 350 Å². The Balaban J connectivity index is 1.14. The number of rotatable bonds is 6. The predicted molar refractivity (Wildman–Crippen MR) is 252 cm³/mol. The van der Waals surface area contributed by atoms with Crippen molar-refractivity contribution < 1.29 is 0 Å². The van der Waals surface area contributed by atoms with Crippen molar-refractivity contribution >= 4 is 50.0 Å². The van der Waals surface area contributed by atoms with E-state index in [1.807, 2.05) is 0 Å². The smallest absolute Gasteiger partial charge is 0.0727 e. The van der Waals surface area contributed by atoms with Crippen molar-refractivity contribution in [3.05, 3.63) is 259 Å². The molecule has 0 saturated heterocycles. The Hall–Kier alpha value is -7.68. The monoisotopic (exact) mass is 764 g/mol. The first-order chi connectivity index (χ1) is 29.8. The van der Waals surface area contributed by atoms with Crippen LogP contribution in [0, 0.1) is 0 Å². The molecule has 2 nitrogen and oxygen atoms in total. The summed E-state index contributed by atoms with van der Waals surface area (Å²) in [5, 5.41) is 4.88. The van der Waals surface area contributed by atoms with Gasteiger partial charge >= 0.3 is 0 Å². The third kappa shape index (κ3) is 5.07. The van der Waals surface area contributed by atoms with Crippen LogP contribution in [0.15, 0.2) is 236 Å². The minimum Gasteiger partial charge on any atom is -0.310 e. The third-order valence-corrected chi connectivity index (χ3v) is 12.8. The second-order valence-electron chi connectivity index (χ2n) is 16.0. The first kappa shape index (κ1) is 34.4. The fraction of sp³-hybridized carbons (Fsp3) is 0.0345. The average Bonchev–Trinajstić information content (AvgIpc) is 3.60. The van der Waals surface area contributed by atoms with Gasteiger partial charge in [-0.2, -0.15) is 0 Å². The quantitative estimate of drug-likeness (QED) is 0.166. The van der Waals surface area contributed by atoms with Crippen molar-refractivity contribution in [1.29, 1.82) is 0 Å². The van der Waals surface area contributed by atoms with Crippen molar-refractivity contribution in [3.8, 4) is 22.3 Å². The van der Waals surface area contributed by atoms with Gasteiger partial charge in [0.15, 0.2) is 0 Å². The highest BCUT2D eigenvalue weighted by Gasteiger charge is 2.52. The molecule has 0 N–H and O–H groups in total. The molecule has 0 saturated carbocycles. The van der Waals surface area contributed by atoms with Gasteiger partial charge in [-0.25, -0.2) is 0 Å². The standard InChI is InChI=1S/C58H40N2/c1-2-5-23-42(22-4-1)59(56-32-16-20-40-18-8-10-26-46(40)56)44-34-36-50-51-37-35-45(60(43-24-6-3-7-25-43)57-33-17-21-41-19-9-11-27-47(41)57)39-55(51)58(54(50)38-44)52-30-14-12-28-48(52)49-29-13-15-31-53(49)58/h1,3-39H,2H2. The Morgan fingerprint density at radius 1 is 0.367 bits per heavy atom. The van der Waals surface area contributed by atoms with Crippen LogP contribution in [-0.4, -0.2) is 0 Å². The van der Waals surface area contributed by atoms with E-state index in [1.165, 1.54) is 66.1 Å². The predicted octanol–water partition coefficient (Wildman–Crippen LogP) is 15.3. The van der Waals surface area contributed by atoms with Gasteiger partial charge < -0.3 is 9.80 Å². The summed E-state index contributed by atoms with van der Waals surface area (Å²) in [5.41, 5.74) is 16.7. The topological polar surface area (TPSA) is 6.48 Å². The molecule has 3 aliphatic rings. The van der Waals surface area contributed by atoms with Gasteiger partial charge in [0.2, 0.25) is 0 Å². The number of para-hydroxylation sites is 1. The van der Waals surface area contributed by atoms with Crippen LogP contribution >= 0.6 is 0 Å². The number of allylic oxidation sites excluding steroid dienone is 5. The summed E-state index contributed by atoms with van der Waals surface area (Å²) in [5.74, 6) is 0. The summed E-state index contributed by atoms with van der Waals surface area (Å²) in [6.07, 6.45) is 12.1. The molecule has 282 valence electrons. The van der Waals surface area contributed by atoms with Gasteiger partial charge in [0.1, 0.15) is 0 Å². The minimum absolute atomic E-state index is 0.553. The molecule has 0 fully saturated rings. The Bertz CT molecular complexity index is 3200. The van der Waals surface area contributed by atoms with Crippen molar-refractivity contribution in [1.82, 2.24) is 0 Å². The zero-order chi connectivity index (χ0) is 39.6. The molecule has 2 heteroatoms. The number of hydrogen-bond donors (Lipinski definition) is 0. The SMILES string of the molecule is C1=CCC=CC(N(c2ccc3c(c2)C2(c4ccccc4-c4ccccc42)c2cc(N(c4ccccc4)c4cccc5ccccc45)ccc2-3)c2cccc3ccccc23)=C1. The van der Waals surface area contributed by atoms with E-state index in [2.05, 4.69) is 240 Å². The zero-order valence-corrected chi connectivity index (χ0v) is 33.0. The molecule has 0 unspecified atom stereocenters. The second kappa shape index (κ2) is 13.7. The molecule has 0 atom stereocenters. The Morgan fingerprint density at radius 2 is 0.867 bits per heavy atom. The molecule has 60 heavy (non-hydrogen) atoms. The molecule has 0 amide bonds. The highest BCUT2D eigenvalue weighted by molar-refractivity contribution is 6.02. The minimum atomic E-state index is -0.553. The molecule has 12 rings (SSSR count). The number of benzene rings is 9. The van der Waals surface area contributed by atoms with Crippen LogP contribution in [0.3, 0.4) is 0 Å². The van der Waals surface area contributed by atoms with Crippen molar-refractivity contribution in [2.45, 2.75) is 11.8 Å². The van der Waals surface area contributed by atoms with E-state index < -0.39 is 5.41 Å². The lowest BCUT2D eigenvalue weighted by atomic mass is 9.70. The molecular weight excluding hydrogens is 725 g/mol. The van der Waals surface area contributed by atoms with Crippen molar-refractivity contribution in [2.24, 2.45) is 0 Å². The summed E-state index contributed by atoms with van der Waals surface area (Å²) >= 11 is 0. The maximum absolute atomic E-state index is 2.50. The van der Waals surface area contributed by atoms with E-state index in [0.717, 1.165) is 40.6 Å². The summed E-state index contributed by atoms with van der Waals surface area (Å²) in [6.45, 7) is 0. The molecular formula is C58H40N2. The average molecular weight is 765 g/mol. The zero-order valence-electron chi connectivity index (χ0n) is 33.0. The number of anilines is 5. The van der Waals surface area contributed by atoms with Crippen molar-refractivity contribution in [3.63, 3.8) is 0 Å². The molecule has 3 aliphatic carbocycles. The van der Waals surface area contributed by atoms with Gasteiger partial charge in [-0.3, -0.25) is 0 Å². The molecule has 9 aromatic rings. The van der Waals surface area contributed by atoms with E-state index in [0.29, 0.717) is 0 Å². The number of fused-ring (bicyclic) bond motifs is 12. The fourth-order valence-corrected chi connectivity index (χ4v) is 10.3.